The third kappa shape index (κ3) is 2.24. The molecule has 0 aromatic carbocycles. The molecule has 106 valence electrons. The van der Waals surface area contributed by atoms with E-state index in [1.54, 1.807) is 5.57 Å². The summed E-state index contributed by atoms with van der Waals surface area (Å²) in [7, 11) is 0. The fourth-order valence-electron chi connectivity index (χ4n) is 5.15. The number of fused-ring (bicyclic) bond motifs is 2. The van der Waals surface area contributed by atoms with Crippen molar-refractivity contribution in [2.45, 2.75) is 44.9 Å². The fraction of sp³-hybridized carbons (Fsp3) is 0.600. The predicted molar refractivity (Wildman–Crippen MR) is 85.3 cm³/mol. The van der Waals surface area contributed by atoms with Crippen LogP contribution >= 0.6 is 0 Å². The van der Waals surface area contributed by atoms with Gasteiger partial charge >= 0.3 is 0 Å². The molecule has 0 bridgehead atoms. The Labute approximate surface area is 123 Å². The van der Waals surface area contributed by atoms with Crippen molar-refractivity contribution in [2.75, 3.05) is 0 Å². The Morgan fingerprint density at radius 1 is 0.850 bits per heavy atom. The van der Waals surface area contributed by atoms with Crippen LogP contribution in [0.15, 0.2) is 48.1 Å². The van der Waals surface area contributed by atoms with Gasteiger partial charge in [-0.05, 0) is 68.1 Å². The highest BCUT2D eigenvalue weighted by atomic mass is 14.4. The molecule has 4 rings (SSSR count). The number of hydrogen-bond acceptors (Lipinski definition) is 0. The van der Waals surface area contributed by atoms with Gasteiger partial charge in [-0.2, -0.15) is 0 Å². The van der Waals surface area contributed by atoms with E-state index < -0.39 is 0 Å². The summed E-state index contributed by atoms with van der Waals surface area (Å²) in [6.45, 7) is 0. The molecule has 20 heavy (non-hydrogen) atoms. The van der Waals surface area contributed by atoms with E-state index in [0.717, 1.165) is 29.6 Å². The smallest absolute Gasteiger partial charge is 0.0137 e. The van der Waals surface area contributed by atoms with E-state index in [1.807, 2.05) is 0 Å². The van der Waals surface area contributed by atoms with E-state index in [0.29, 0.717) is 0 Å². The summed E-state index contributed by atoms with van der Waals surface area (Å²) < 4.78 is 0. The lowest BCUT2D eigenvalue weighted by atomic mass is 9.79. The highest BCUT2D eigenvalue weighted by Gasteiger charge is 2.35. The van der Waals surface area contributed by atoms with Crippen molar-refractivity contribution in [3.63, 3.8) is 0 Å². The molecule has 0 heterocycles. The van der Waals surface area contributed by atoms with Gasteiger partial charge in [0.1, 0.15) is 0 Å². The topological polar surface area (TPSA) is 0 Å². The molecule has 0 aliphatic heterocycles. The molecule has 0 aromatic rings. The van der Waals surface area contributed by atoms with Crippen molar-refractivity contribution >= 4 is 0 Å². The molecule has 5 atom stereocenters. The van der Waals surface area contributed by atoms with Gasteiger partial charge in [-0.1, -0.05) is 54.5 Å². The molecule has 0 spiro atoms. The van der Waals surface area contributed by atoms with Crippen molar-refractivity contribution in [3.8, 4) is 0 Å². The lowest BCUT2D eigenvalue weighted by Gasteiger charge is -2.26. The molecular weight excluding hydrogens is 240 g/mol. The summed E-state index contributed by atoms with van der Waals surface area (Å²) in [5.41, 5.74) is 1.77. The highest BCUT2D eigenvalue weighted by Crippen LogP contribution is 2.46. The molecular formula is C20H26. The third-order valence-electron chi connectivity index (χ3n) is 6.23. The van der Waals surface area contributed by atoms with Crippen molar-refractivity contribution in [1.82, 2.24) is 0 Å². The molecule has 4 aliphatic carbocycles. The fourth-order valence-corrected chi connectivity index (χ4v) is 5.15. The van der Waals surface area contributed by atoms with Crippen LogP contribution in [0.3, 0.4) is 0 Å². The Hall–Kier alpha value is -1.04. The van der Waals surface area contributed by atoms with E-state index in [1.165, 1.54) is 44.9 Å². The summed E-state index contributed by atoms with van der Waals surface area (Å²) in [4.78, 5) is 0. The summed E-state index contributed by atoms with van der Waals surface area (Å²) in [6, 6.07) is 0. The van der Waals surface area contributed by atoms with Crippen LogP contribution in [0.2, 0.25) is 0 Å². The van der Waals surface area contributed by atoms with Gasteiger partial charge in [-0.3, -0.25) is 0 Å². The van der Waals surface area contributed by atoms with E-state index in [9.17, 15) is 0 Å². The van der Waals surface area contributed by atoms with Crippen molar-refractivity contribution in [1.29, 1.82) is 0 Å². The maximum atomic E-state index is 2.48. The van der Waals surface area contributed by atoms with E-state index in [-0.39, 0.29) is 0 Å². The van der Waals surface area contributed by atoms with Crippen LogP contribution in [0.25, 0.3) is 0 Å². The molecule has 0 saturated heterocycles. The van der Waals surface area contributed by atoms with E-state index in [2.05, 4.69) is 42.5 Å². The number of hydrogen-bond donors (Lipinski definition) is 0. The van der Waals surface area contributed by atoms with Crippen LogP contribution in [0.4, 0.5) is 0 Å². The second-order valence-electron chi connectivity index (χ2n) is 7.21. The van der Waals surface area contributed by atoms with Gasteiger partial charge in [0.05, 0.1) is 0 Å². The van der Waals surface area contributed by atoms with Gasteiger partial charge < -0.3 is 0 Å². The third-order valence-corrected chi connectivity index (χ3v) is 6.23. The van der Waals surface area contributed by atoms with Crippen LogP contribution < -0.4 is 0 Å². The average Bonchev–Trinajstić information content (AvgIpc) is 3.12. The second-order valence-corrected chi connectivity index (χ2v) is 7.21. The van der Waals surface area contributed by atoms with Gasteiger partial charge in [-0.15, -0.1) is 0 Å². The molecule has 0 N–H and O–H groups in total. The Kier molecular flexibility index (Phi) is 3.42. The van der Waals surface area contributed by atoms with Crippen molar-refractivity contribution < 1.29 is 0 Å². The highest BCUT2D eigenvalue weighted by molar-refractivity contribution is 5.25. The van der Waals surface area contributed by atoms with Crippen LogP contribution in [-0.4, -0.2) is 0 Å². The Morgan fingerprint density at radius 2 is 1.75 bits per heavy atom. The minimum Gasteiger partial charge on any atom is -0.0808 e. The Bertz CT molecular complexity index is 476. The zero-order valence-electron chi connectivity index (χ0n) is 12.4. The zero-order valence-corrected chi connectivity index (χ0v) is 12.4. The minimum absolute atomic E-state index is 0.846. The molecule has 0 aromatic heterocycles. The SMILES string of the molecule is C1=CC2CCCC2C(CCC2CCC3C=CC=CC32)=C1. The van der Waals surface area contributed by atoms with Gasteiger partial charge in [0.2, 0.25) is 0 Å². The average molecular weight is 266 g/mol. The number of allylic oxidation sites excluding steroid dienone is 8. The van der Waals surface area contributed by atoms with Gasteiger partial charge in [0, 0.05) is 0 Å². The van der Waals surface area contributed by atoms with Crippen LogP contribution in [0.5, 0.6) is 0 Å². The van der Waals surface area contributed by atoms with E-state index >= 15 is 0 Å². The molecule has 2 fully saturated rings. The van der Waals surface area contributed by atoms with E-state index in [4.69, 9.17) is 0 Å². The molecule has 0 heteroatoms. The molecule has 4 aliphatic rings. The first kappa shape index (κ1) is 12.7. The predicted octanol–water partition coefficient (Wildman–Crippen LogP) is 5.45. The number of rotatable bonds is 3. The maximum Gasteiger partial charge on any atom is -0.0137 e. The zero-order chi connectivity index (χ0) is 13.4. The van der Waals surface area contributed by atoms with Gasteiger partial charge in [0.15, 0.2) is 0 Å². The Morgan fingerprint density at radius 3 is 2.75 bits per heavy atom. The molecule has 0 radical (unpaired) electrons. The van der Waals surface area contributed by atoms with Gasteiger partial charge in [-0.25, -0.2) is 0 Å². The van der Waals surface area contributed by atoms with Crippen LogP contribution in [-0.2, 0) is 0 Å². The normalized spacial score (nSPS) is 41.6. The second kappa shape index (κ2) is 5.39. The first-order valence-electron chi connectivity index (χ1n) is 8.64. The standard InChI is InChI=1S/C20H26/c1-2-9-19-16(5-1)11-13-18(19)14-12-17-7-3-6-15-8-4-10-20(15)17/h1-3,5-7,9,15-16,18-20H,4,8,10-14H2. The summed E-state index contributed by atoms with van der Waals surface area (Å²) in [5, 5.41) is 0. The molecule has 2 saturated carbocycles. The van der Waals surface area contributed by atoms with Crippen molar-refractivity contribution in [2.24, 2.45) is 29.6 Å². The molecule has 5 unspecified atom stereocenters. The maximum absolute atomic E-state index is 2.48. The lowest BCUT2D eigenvalue weighted by molar-refractivity contribution is 0.382. The lowest BCUT2D eigenvalue weighted by Crippen LogP contribution is -2.15. The Balaban J connectivity index is 1.39. The quantitative estimate of drug-likeness (QED) is 0.637. The first-order chi connectivity index (χ1) is 9.92. The first-order valence-corrected chi connectivity index (χ1v) is 8.64. The minimum atomic E-state index is 0.846. The van der Waals surface area contributed by atoms with Crippen molar-refractivity contribution in [3.05, 3.63) is 48.1 Å². The van der Waals surface area contributed by atoms with Crippen LogP contribution in [0, 0.1) is 29.6 Å². The van der Waals surface area contributed by atoms with Gasteiger partial charge in [0.25, 0.3) is 0 Å². The van der Waals surface area contributed by atoms with Crippen LogP contribution in [0.1, 0.15) is 44.9 Å². The largest absolute Gasteiger partial charge is 0.0808 e. The monoisotopic (exact) mass is 266 g/mol. The summed E-state index contributed by atoms with van der Waals surface area (Å²) >= 11 is 0. The molecule has 0 amide bonds. The molecule has 0 nitrogen and oxygen atoms in total. The summed E-state index contributed by atoms with van der Waals surface area (Å²) in [5.74, 6) is 4.42. The summed E-state index contributed by atoms with van der Waals surface area (Å²) in [6.07, 6.45) is 26.6.